The molecule has 1 heterocycles. The summed E-state index contributed by atoms with van der Waals surface area (Å²) in [6.07, 6.45) is -0.663. The molecule has 1 aliphatic heterocycles. The van der Waals surface area contributed by atoms with E-state index in [0.717, 1.165) is 16.0 Å². The third-order valence-electron chi connectivity index (χ3n) is 3.40. The molecule has 2 aromatic carbocycles. The van der Waals surface area contributed by atoms with Gasteiger partial charge in [-0.15, -0.1) is 0 Å². The van der Waals surface area contributed by atoms with Crippen molar-refractivity contribution in [1.82, 2.24) is 4.90 Å². The molecule has 0 N–H and O–H groups in total. The van der Waals surface area contributed by atoms with Gasteiger partial charge in [-0.2, -0.15) is 0 Å². The average Bonchev–Trinajstić information content (AvgIpc) is 2.82. The summed E-state index contributed by atoms with van der Waals surface area (Å²) in [6, 6.07) is 11.3. The molecule has 0 unspecified atom stereocenters. The SMILES string of the molecule is O=C1COC(=O)N1Cc1ccc(-c2ccc(F)cc2)cc1Cl. The van der Waals surface area contributed by atoms with E-state index in [1.807, 2.05) is 0 Å². The van der Waals surface area contributed by atoms with Gasteiger partial charge in [0.1, 0.15) is 5.82 Å². The molecule has 1 saturated heterocycles. The minimum atomic E-state index is -0.663. The van der Waals surface area contributed by atoms with Crippen LogP contribution < -0.4 is 0 Å². The minimum Gasteiger partial charge on any atom is -0.439 e. The number of imide groups is 1. The molecule has 0 radical (unpaired) electrons. The Kier molecular flexibility index (Phi) is 3.81. The summed E-state index contributed by atoms with van der Waals surface area (Å²) in [5.74, 6) is -0.693. The maximum atomic E-state index is 12.9. The van der Waals surface area contributed by atoms with Crippen molar-refractivity contribution in [2.45, 2.75) is 6.54 Å². The second-order valence-electron chi connectivity index (χ2n) is 4.85. The summed E-state index contributed by atoms with van der Waals surface area (Å²) >= 11 is 6.22. The van der Waals surface area contributed by atoms with Gasteiger partial charge in [0.2, 0.25) is 0 Å². The third-order valence-corrected chi connectivity index (χ3v) is 3.75. The van der Waals surface area contributed by atoms with Gasteiger partial charge in [0.05, 0.1) is 6.54 Å². The van der Waals surface area contributed by atoms with Gasteiger partial charge in [0, 0.05) is 5.02 Å². The molecule has 3 rings (SSSR count). The van der Waals surface area contributed by atoms with Crippen molar-refractivity contribution in [3.63, 3.8) is 0 Å². The largest absolute Gasteiger partial charge is 0.439 e. The minimum absolute atomic E-state index is 0.0696. The highest BCUT2D eigenvalue weighted by molar-refractivity contribution is 6.31. The zero-order valence-corrected chi connectivity index (χ0v) is 12.1. The number of rotatable bonds is 3. The van der Waals surface area contributed by atoms with Crippen LogP contribution in [0.25, 0.3) is 11.1 Å². The van der Waals surface area contributed by atoms with Gasteiger partial charge in [-0.1, -0.05) is 35.9 Å². The van der Waals surface area contributed by atoms with Gasteiger partial charge in [-0.25, -0.2) is 14.1 Å². The van der Waals surface area contributed by atoms with Gasteiger partial charge in [-0.05, 0) is 34.9 Å². The molecule has 2 amide bonds. The van der Waals surface area contributed by atoms with Crippen molar-refractivity contribution in [2.24, 2.45) is 0 Å². The number of hydrogen-bond acceptors (Lipinski definition) is 3. The molecule has 0 saturated carbocycles. The first-order chi connectivity index (χ1) is 10.5. The van der Waals surface area contributed by atoms with Crippen molar-refractivity contribution in [3.05, 3.63) is 58.9 Å². The first kappa shape index (κ1) is 14.5. The Morgan fingerprint density at radius 3 is 2.36 bits per heavy atom. The molecular weight excluding hydrogens is 309 g/mol. The average molecular weight is 320 g/mol. The van der Waals surface area contributed by atoms with E-state index in [0.29, 0.717) is 10.6 Å². The van der Waals surface area contributed by atoms with Gasteiger partial charge >= 0.3 is 6.09 Å². The van der Waals surface area contributed by atoms with E-state index < -0.39 is 6.09 Å². The summed E-state index contributed by atoms with van der Waals surface area (Å²) in [5.41, 5.74) is 2.29. The second-order valence-corrected chi connectivity index (χ2v) is 5.25. The van der Waals surface area contributed by atoms with Gasteiger partial charge in [0.15, 0.2) is 6.61 Å². The number of hydrogen-bond donors (Lipinski definition) is 0. The smallest absolute Gasteiger partial charge is 0.417 e. The predicted molar refractivity (Wildman–Crippen MR) is 78.7 cm³/mol. The van der Waals surface area contributed by atoms with Crippen molar-refractivity contribution in [2.75, 3.05) is 6.61 Å². The highest BCUT2D eigenvalue weighted by Gasteiger charge is 2.31. The van der Waals surface area contributed by atoms with E-state index in [1.165, 1.54) is 12.1 Å². The number of carbonyl (C=O) groups excluding carboxylic acids is 2. The molecular formula is C16H11ClFNO3. The topological polar surface area (TPSA) is 46.6 Å². The van der Waals surface area contributed by atoms with E-state index in [4.69, 9.17) is 11.6 Å². The number of nitrogens with zero attached hydrogens (tertiary/aromatic N) is 1. The van der Waals surface area contributed by atoms with E-state index in [1.54, 1.807) is 30.3 Å². The van der Waals surface area contributed by atoms with Gasteiger partial charge in [0.25, 0.3) is 5.91 Å². The summed E-state index contributed by atoms with van der Waals surface area (Å²) in [4.78, 5) is 24.0. The van der Waals surface area contributed by atoms with E-state index in [9.17, 15) is 14.0 Å². The van der Waals surface area contributed by atoms with E-state index >= 15 is 0 Å². The summed E-state index contributed by atoms with van der Waals surface area (Å²) in [5, 5.41) is 0.425. The van der Waals surface area contributed by atoms with E-state index in [-0.39, 0.29) is 24.9 Å². The van der Waals surface area contributed by atoms with Crippen LogP contribution in [-0.2, 0) is 16.1 Å². The molecule has 22 heavy (non-hydrogen) atoms. The number of carbonyl (C=O) groups is 2. The Hall–Kier alpha value is -2.40. The maximum Gasteiger partial charge on any atom is 0.417 e. The molecule has 1 fully saturated rings. The fourth-order valence-electron chi connectivity index (χ4n) is 2.20. The Bertz CT molecular complexity index is 730. The molecule has 0 bridgehead atoms. The normalized spacial score (nSPS) is 14.4. The number of ether oxygens (including phenoxy) is 1. The highest BCUT2D eigenvalue weighted by Crippen LogP contribution is 2.27. The number of benzene rings is 2. The predicted octanol–water partition coefficient (Wildman–Crippen LogP) is 3.62. The fourth-order valence-corrected chi connectivity index (χ4v) is 2.44. The van der Waals surface area contributed by atoms with Crippen molar-refractivity contribution >= 4 is 23.6 Å². The second kappa shape index (κ2) is 5.77. The lowest BCUT2D eigenvalue weighted by Gasteiger charge is -2.13. The summed E-state index contributed by atoms with van der Waals surface area (Å²) in [7, 11) is 0. The van der Waals surface area contributed by atoms with Crippen molar-refractivity contribution in [1.29, 1.82) is 0 Å². The number of amides is 2. The maximum absolute atomic E-state index is 12.9. The third kappa shape index (κ3) is 2.80. The Balaban J connectivity index is 1.85. The van der Waals surface area contributed by atoms with Gasteiger partial charge < -0.3 is 4.74 Å². The van der Waals surface area contributed by atoms with Crippen LogP contribution in [-0.4, -0.2) is 23.5 Å². The molecule has 0 spiro atoms. The fraction of sp³-hybridized carbons (Fsp3) is 0.125. The lowest BCUT2D eigenvalue weighted by Crippen LogP contribution is -2.28. The van der Waals surface area contributed by atoms with Crippen LogP contribution in [0.3, 0.4) is 0 Å². The zero-order valence-electron chi connectivity index (χ0n) is 11.4. The van der Waals surface area contributed by atoms with Crippen molar-refractivity contribution in [3.8, 4) is 11.1 Å². The Labute approximate surface area is 131 Å². The lowest BCUT2D eigenvalue weighted by atomic mass is 10.0. The molecule has 1 aliphatic rings. The van der Waals surface area contributed by atoms with Crippen LogP contribution >= 0.6 is 11.6 Å². The first-order valence-corrected chi connectivity index (χ1v) is 6.94. The molecule has 6 heteroatoms. The molecule has 0 aromatic heterocycles. The quantitative estimate of drug-likeness (QED) is 0.868. The van der Waals surface area contributed by atoms with Crippen LogP contribution in [0.5, 0.6) is 0 Å². The number of cyclic esters (lactones) is 1. The molecule has 0 aliphatic carbocycles. The van der Waals surface area contributed by atoms with Crippen LogP contribution in [0.2, 0.25) is 5.02 Å². The van der Waals surface area contributed by atoms with Crippen LogP contribution in [0.15, 0.2) is 42.5 Å². The Morgan fingerprint density at radius 1 is 1.09 bits per heavy atom. The molecule has 112 valence electrons. The Morgan fingerprint density at radius 2 is 1.77 bits per heavy atom. The zero-order chi connectivity index (χ0) is 15.7. The lowest BCUT2D eigenvalue weighted by molar-refractivity contribution is -0.126. The van der Waals surface area contributed by atoms with Crippen LogP contribution in [0.1, 0.15) is 5.56 Å². The molecule has 0 atom stereocenters. The summed E-state index contributed by atoms with van der Waals surface area (Å²) in [6.45, 7) is -0.162. The molecule has 4 nitrogen and oxygen atoms in total. The van der Waals surface area contributed by atoms with Gasteiger partial charge in [-0.3, -0.25) is 4.79 Å². The number of halogens is 2. The van der Waals surface area contributed by atoms with E-state index in [2.05, 4.69) is 4.74 Å². The monoisotopic (exact) mass is 319 g/mol. The van der Waals surface area contributed by atoms with Crippen LogP contribution in [0.4, 0.5) is 9.18 Å². The first-order valence-electron chi connectivity index (χ1n) is 6.56. The highest BCUT2D eigenvalue weighted by atomic mass is 35.5. The van der Waals surface area contributed by atoms with Crippen molar-refractivity contribution < 1.29 is 18.7 Å². The summed E-state index contributed by atoms with van der Waals surface area (Å²) < 4.78 is 17.6. The standard InChI is InChI=1S/C16H11ClFNO3/c17-14-7-11(10-3-5-13(18)6-4-10)1-2-12(14)8-19-15(20)9-22-16(19)21/h1-7H,8-9H2. The molecule has 2 aromatic rings. The van der Waals surface area contributed by atoms with Crippen LogP contribution in [0, 0.1) is 5.82 Å².